The van der Waals surface area contributed by atoms with Crippen LogP contribution in [0.3, 0.4) is 0 Å². The van der Waals surface area contributed by atoms with Crippen molar-refractivity contribution < 1.29 is 14.3 Å². The lowest BCUT2D eigenvalue weighted by Crippen LogP contribution is -2.29. The second kappa shape index (κ2) is 6.39. The van der Waals surface area contributed by atoms with Crippen LogP contribution in [0.1, 0.15) is 11.1 Å². The molecule has 0 saturated carbocycles. The molecule has 0 unspecified atom stereocenters. The van der Waals surface area contributed by atoms with E-state index in [0.29, 0.717) is 5.56 Å². The smallest absolute Gasteiger partial charge is 0.317 e. The minimum absolute atomic E-state index is 0.144. The van der Waals surface area contributed by atoms with E-state index >= 15 is 0 Å². The summed E-state index contributed by atoms with van der Waals surface area (Å²) in [5.41, 5.74) is 0.712. The molecule has 0 fully saturated rings. The molecule has 1 aromatic carbocycles. The maximum Gasteiger partial charge on any atom is 0.317 e. The van der Waals surface area contributed by atoms with Crippen molar-refractivity contribution in [2.24, 2.45) is 0 Å². The summed E-state index contributed by atoms with van der Waals surface area (Å²) in [6, 6.07) is 5.72. The van der Waals surface area contributed by atoms with Crippen LogP contribution in [0, 0.1) is 29.5 Å². The molecule has 0 saturated heterocycles. The first-order chi connectivity index (χ1) is 8.55. The van der Waals surface area contributed by atoms with Gasteiger partial charge in [-0.05, 0) is 23.8 Å². The average Bonchev–Trinajstić information content (AvgIpc) is 2.27. The predicted octanol–water partition coefficient (Wildman–Crippen LogP) is 1.22. The number of rotatable bonds is 5. The molecule has 1 rings (SSSR count). The summed E-state index contributed by atoms with van der Waals surface area (Å²) < 4.78 is 13.2. The molecule has 0 radical (unpaired) electrons. The number of nitriles is 1. The zero-order chi connectivity index (χ0) is 13.5. The van der Waals surface area contributed by atoms with Crippen molar-refractivity contribution in [3.63, 3.8) is 0 Å². The Labute approximate surface area is 104 Å². The van der Waals surface area contributed by atoms with E-state index in [9.17, 15) is 9.18 Å². The van der Waals surface area contributed by atoms with Gasteiger partial charge in [-0.25, -0.2) is 4.39 Å². The predicted molar refractivity (Wildman–Crippen MR) is 62.9 cm³/mol. The Bertz CT molecular complexity index is 529. The first-order valence-electron chi connectivity index (χ1n) is 5.12. The van der Waals surface area contributed by atoms with E-state index in [4.69, 9.17) is 16.8 Å². The van der Waals surface area contributed by atoms with E-state index in [0.717, 1.165) is 6.07 Å². The lowest BCUT2D eigenvalue weighted by atomic mass is 10.1. The van der Waals surface area contributed by atoms with Crippen molar-refractivity contribution in [2.75, 3.05) is 13.1 Å². The number of terminal acetylenes is 1. The quantitative estimate of drug-likeness (QED) is 0.793. The third kappa shape index (κ3) is 4.25. The van der Waals surface area contributed by atoms with Crippen molar-refractivity contribution >= 4 is 5.97 Å². The Kier molecular flexibility index (Phi) is 4.86. The second-order valence-electron chi connectivity index (χ2n) is 3.70. The van der Waals surface area contributed by atoms with Gasteiger partial charge in [-0.1, -0.05) is 5.92 Å². The van der Waals surface area contributed by atoms with Gasteiger partial charge in [0.15, 0.2) is 0 Å². The molecule has 0 atom stereocenters. The summed E-state index contributed by atoms with van der Waals surface area (Å²) >= 11 is 0. The Morgan fingerprint density at radius 2 is 2.22 bits per heavy atom. The minimum atomic E-state index is -1.01. The number of hydrogen-bond acceptors (Lipinski definition) is 3. The highest BCUT2D eigenvalue weighted by Gasteiger charge is 2.10. The van der Waals surface area contributed by atoms with E-state index in [1.807, 2.05) is 6.07 Å². The highest BCUT2D eigenvalue weighted by molar-refractivity contribution is 5.69. The summed E-state index contributed by atoms with van der Waals surface area (Å²) in [6.07, 6.45) is 5.13. The molecule has 0 amide bonds. The van der Waals surface area contributed by atoms with Gasteiger partial charge >= 0.3 is 5.97 Å². The Hall–Kier alpha value is -2.37. The first-order valence-corrected chi connectivity index (χ1v) is 5.12. The molecule has 1 N–H and O–H groups in total. The van der Waals surface area contributed by atoms with Crippen molar-refractivity contribution in [3.05, 3.63) is 35.1 Å². The van der Waals surface area contributed by atoms with Gasteiger partial charge in [-0.15, -0.1) is 6.42 Å². The minimum Gasteiger partial charge on any atom is -0.480 e. The molecular formula is C13H11FN2O2. The lowest BCUT2D eigenvalue weighted by Gasteiger charge is -2.17. The molecule has 18 heavy (non-hydrogen) atoms. The van der Waals surface area contributed by atoms with Gasteiger partial charge in [0.2, 0.25) is 0 Å². The van der Waals surface area contributed by atoms with Crippen molar-refractivity contribution in [2.45, 2.75) is 6.54 Å². The largest absolute Gasteiger partial charge is 0.480 e. The van der Waals surface area contributed by atoms with Crippen molar-refractivity contribution in [1.82, 2.24) is 4.90 Å². The molecular weight excluding hydrogens is 235 g/mol. The van der Waals surface area contributed by atoms with Crippen LogP contribution in [0.25, 0.3) is 0 Å². The Balaban J connectivity index is 2.87. The SMILES string of the molecule is C#CCN(CC(=O)O)Cc1cc(F)cc(C#N)c1. The number of carboxylic acid groups (broad SMARTS) is 1. The van der Waals surface area contributed by atoms with Crippen LogP contribution in [-0.2, 0) is 11.3 Å². The van der Waals surface area contributed by atoms with Crippen LogP contribution in [0.2, 0.25) is 0 Å². The van der Waals surface area contributed by atoms with E-state index in [2.05, 4.69) is 5.92 Å². The van der Waals surface area contributed by atoms with Gasteiger partial charge in [-0.3, -0.25) is 9.69 Å². The van der Waals surface area contributed by atoms with Crippen LogP contribution in [-0.4, -0.2) is 29.1 Å². The molecule has 0 aliphatic heterocycles. The fourth-order valence-corrected chi connectivity index (χ4v) is 1.55. The molecule has 1 aromatic rings. The normalized spacial score (nSPS) is 9.78. The fraction of sp³-hybridized carbons (Fsp3) is 0.231. The van der Waals surface area contributed by atoms with E-state index in [-0.39, 0.29) is 25.2 Å². The first kappa shape index (κ1) is 13.7. The van der Waals surface area contributed by atoms with Crippen LogP contribution in [0.5, 0.6) is 0 Å². The van der Waals surface area contributed by atoms with Crippen molar-refractivity contribution in [3.8, 4) is 18.4 Å². The molecule has 0 aliphatic carbocycles. The van der Waals surface area contributed by atoms with Crippen LogP contribution in [0.15, 0.2) is 18.2 Å². The zero-order valence-corrected chi connectivity index (χ0v) is 9.56. The van der Waals surface area contributed by atoms with Crippen molar-refractivity contribution in [1.29, 1.82) is 5.26 Å². The molecule has 0 aliphatic rings. The third-order valence-electron chi connectivity index (χ3n) is 2.17. The Morgan fingerprint density at radius 3 is 2.78 bits per heavy atom. The van der Waals surface area contributed by atoms with Crippen LogP contribution >= 0.6 is 0 Å². The van der Waals surface area contributed by atoms with Gasteiger partial charge in [0.25, 0.3) is 0 Å². The Morgan fingerprint density at radius 1 is 1.50 bits per heavy atom. The van der Waals surface area contributed by atoms with E-state index < -0.39 is 11.8 Å². The molecule has 0 aromatic heterocycles. The number of aliphatic carboxylic acids is 1. The maximum atomic E-state index is 13.2. The summed E-state index contributed by atoms with van der Waals surface area (Å²) in [5, 5.41) is 17.4. The van der Waals surface area contributed by atoms with Crippen LogP contribution < -0.4 is 0 Å². The summed E-state index contributed by atoms with van der Waals surface area (Å²) in [4.78, 5) is 12.1. The van der Waals surface area contributed by atoms with Gasteiger partial charge < -0.3 is 5.11 Å². The summed E-state index contributed by atoms with van der Waals surface area (Å²) in [6.45, 7) is 0.0935. The number of nitrogens with zero attached hydrogens (tertiary/aromatic N) is 2. The summed E-state index contributed by atoms with van der Waals surface area (Å²) in [5.74, 6) is 0.801. The molecule has 92 valence electrons. The molecule has 0 heterocycles. The lowest BCUT2D eigenvalue weighted by molar-refractivity contribution is -0.138. The summed E-state index contributed by atoms with van der Waals surface area (Å²) in [7, 11) is 0. The molecule has 5 heteroatoms. The zero-order valence-electron chi connectivity index (χ0n) is 9.56. The molecule has 0 spiro atoms. The second-order valence-corrected chi connectivity index (χ2v) is 3.70. The van der Waals surface area contributed by atoms with E-state index in [1.54, 1.807) is 0 Å². The number of carbonyl (C=O) groups is 1. The fourth-order valence-electron chi connectivity index (χ4n) is 1.55. The van der Waals surface area contributed by atoms with Gasteiger partial charge in [0.1, 0.15) is 5.82 Å². The highest BCUT2D eigenvalue weighted by Crippen LogP contribution is 2.11. The monoisotopic (exact) mass is 246 g/mol. The van der Waals surface area contributed by atoms with Gasteiger partial charge in [-0.2, -0.15) is 5.26 Å². The number of benzene rings is 1. The molecule has 4 nitrogen and oxygen atoms in total. The average molecular weight is 246 g/mol. The topological polar surface area (TPSA) is 64.3 Å². The highest BCUT2D eigenvalue weighted by atomic mass is 19.1. The standard InChI is InChI=1S/C13H11FN2O2/c1-2-3-16(9-13(17)18)8-11-4-10(7-15)5-12(14)6-11/h1,4-6H,3,8-9H2,(H,17,18). The maximum absolute atomic E-state index is 13.2. The number of carboxylic acids is 1. The van der Waals surface area contributed by atoms with Crippen LogP contribution in [0.4, 0.5) is 4.39 Å². The third-order valence-corrected chi connectivity index (χ3v) is 2.17. The van der Waals surface area contributed by atoms with Gasteiger partial charge in [0.05, 0.1) is 24.7 Å². The van der Waals surface area contributed by atoms with Gasteiger partial charge in [0, 0.05) is 6.54 Å². The van der Waals surface area contributed by atoms with E-state index in [1.165, 1.54) is 17.0 Å². The number of halogens is 1. The molecule has 0 bridgehead atoms. The number of hydrogen-bond donors (Lipinski definition) is 1.